The number of amides is 1. The van der Waals surface area contributed by atoms with E-state index in [-0.39, 0.29) is 11.3 Å². The molecule has 0 aliphatic carbocycles. The van der Waals surface area contributed by atoms with E-state index < -0.39 is 0 Å². The molecular weight excluding hydrogens is 390 g/mol. The maximum absolute atomic E-state index is 13.0. The van der Waals surface area contributed by atoms with E-state index in [2.05, 4.69) is 10.3 Å². The monoisotopic (exact) mass is 417 g/mol. The zero-order valence-corrected chi connectivity index (χ0v) is 18.3. The van der Waals surface area contributed by atoms with Crippen molar-refractivity contribution >= 4 is 38.7 Å². The van der Waals surface area contributed by atoms with Crippen LogP contribution in [0, 0.1) is 0 Å². The fourth-order valence-electron chi connectivity index (χ4n) is 3.79. The highest BCUT2D eigenvalue weighted by Gasteiger charge is 2.14. The second-order valence-corrected chi connectivity index (χ2v) is 8.35. The lowest BCUT2D eigenvalue weighted by Gasteiger charge is -2.13. The van der Waals surface area contributed by atoms with Crippen molar-refractivity contribution in [1.29, 1.82) is 0 Å². The Bertz CT molecular complexity index is 1340. The molecule has 0 radical (unpaired) electrons. The van der Waals surface area contributed by atoms with Crippen LogP contribution < -0.4 is 10.7 Å². The molecular formula is C24H27N5O2. The Kier molecular flexibility index (Phi) is 5.71. The Labute approximate surface area is 180 Å². The molecule has 7 nitrogen and oxygen atoms in total. The maximum atomic E-state index is 13.0. The summed E-state index contributed by atoms with van der Waals surface area (Å²) in [4.78, 5) is 38.0. The fraction of sp³-hybridized carbons (Fsp3) is 0.292. The van der Waals surface area contributed by atoms with Gasteiger partial charge < -0.3 is 20.1 Å². The second kappa shape index (κ2) is 8.45. The summed E-state index contributed by atoms with van der Waals surface area (Å²) < 4.78 is 0. The molecule has 0 fully saturated rings. The third kappa shape index (κ3) is 4.15. The van der Waals surface area contributed by atoms with Crippen molar-refractivity contribution in [2.45, 2.75) is 6.54 Å². The molecule has 1 aromatic heterocycles. The van der Waals surface area contributed by atoms with Gasteiger partial charge in [-0.05, 0) is 52.5 Å². The summed E-state index contributed by atoms with van der Waals surface area (Å²) in [7, 11) is 7.81. The van der Waals surface area contributed by atoms with Crippen LogP contribution in [-0.4, -0.2) is 67.0 Å². The maximum Gasteiger partial charge on any atom is 0.253 e. The van der Waals surface area contributed by atoms with E-state index in [9.17, 15) is 9.59 Å². The summed E-state index contributed by atoms with van der Waals surface area (Å²) in [6, 6.07) is 13.1. The van der Waals surface area contributed by atoms with Crippen LogP contribution >= 0.6 is 0 Å². The van der Waals surface area contributed by atoms with E-state index in [0.29, 0.717) is 35.1 Å². The highest BCUT2D eigenvalue weighted by Crippen LogP contribution is 2.25. The third-order valence-electron chi connectivity index (χ3n) is 5.31. The van der Waals surface area contributed by atoms with Gasteiger partial charge in [0.05, 0.1) is 27.6 Å². The summed E-state index contributed by atoms with van der Waals surface area (Å²) in [5.74, 6) is -0.161. The van der Waals surface area contributed by atoms with Gasteiger partial charge in [0.2, 0.25) is 0 Å². The number of nitrogens with zero attached hydrogens (tertiary/aromatic N) is 3. The van der Waals surface area contributed by atoms with Gasteiger partial charge in [-0.15, -0.1) is 0 Å². The van der Waals surface area contributed by atoms with Crippen molar-refractivity contribution in [2.75, 3.05) is 41.3 Å². The average molecular weight is 418 g/mol. The minimum absolute atomic E-state index is 0.0183. The van der Waals surface area contributed by atoms with Gasteiger partial charge in [0.25, 0.3) is 5.91 Å². The van der Waals surface area contributed by atoms with Crippen LogP contribution in [0.2, 0.25) is 0 Å². The average Bonchev–Trinajstić information content (AvgIpc) is 2.73. The molecule has 3 aromatic carbocycles. The Morgan fingerprint density at radius 3 is 2.42 bits per heavy atom. The number of para-hydroxylation sites is 1. The predicted octanol–water partition coefficient (Wildman–Crippen LogP) is 2.58. The first-order valence-electron chi connectivity index (χ1n) is 10.3. The lowest BCUT2D eigenvalue weighted by atomic mass is 10.0. The molecule has 0 aliphatic rings. The van der Waals surface area contributed by atoms with E-state index in [1.54, 1.807) is 6.07 Å². The summed E-state index contributed by atoms with van der Waals surface area (Å²) in [6.45, 7) is 1.89. The summed E-state index contributed by atoms with van der Waals surface area (Å²) >= 11 is 0. The molecule has 1 amide bonds. The van der Waals surface area contributed by atoms with E-state index in [4.69, 9.17) is 4.98 Å². The number of nitrogens with one attached hydrogen (secondary N) is 2. The number of fused-ring (bicyclic) bond motifs is 4. The lowest BCUT2D eigenvalue weighted by molar-refractivity contribution is 0.0952. The minimum Gasteiger partial charge on any atom is -0.352 e. The van der Waals surface area contributed by atoms with Gasteiger partial charge in [0.15, 0.2) is 5.43 Å². The Morgan fingerprint density at radius 1 is 0.935 bits per heavy atom. The van der Waals surface area contributed by atoms with Crippen molar-refractivity contribution in [3.63, 3.8) is 0 Å². The van der Waals surface area contributed by atoms with Crippen LogP contribution in [0.4, 0.5) is 0 Å². The van der Waals surface area contributed by atoms with Gasteiger partial charge in [0, 0.05) is 36.0 Å². The smallest absolute Gasteiger partial charge is 0.253 e. The topological polar surface area (TPSA) is 81.3 Å². The first-order chi connectivity index (χ1) is 14.8. The Balaban J connectivity index is 1.86. The fourth-order valence-corrected chi connectivity index (χ4v) is 3.79. The molecule has 0 saturated heterocycles. The molecule has 0 unspecified atom stereocenters. The standard InChI is InChI=1S/C24H27N5O2/c1-28(2)13-12-25-24(31)18-6-5-7-19-22(18)27-21-16-9-8-15(14-29(3)4)23(30)17(16)10-11-20(21)26-19/h5-11,26H,12-14H2,1-4H3,(H,25,31). The van der Waals surface area contributed by atoms with Gasteiger partial charge in [-0.25, -0.2) is 4.98 Å². The molecule has 2 N–H and O–H groups in total. The van der Waals surface area contributed by atoms with E-state index in [1.807, 2.05) is 74.4 Å². The molecule has 0 spiro atoms. The molecule has 0 atom stereocenters. The molecule has 4 rings (SSSR count). The van der Waals surface area contributed by atoms with Crippen molar-refractivity contribution in [3.05, 3.63) is 63.8 Å². The molecule has 160 valence electrons. The van der Waals surface area contributed by atoms with Crippen LogP contribution in [0.3, 0.4) is 0 Å². The van der Waals surface area contributed by atoms with E-state index in [1.165, 1.54) is 0 Å². The van der Waals surface area contributed by atoms with Gasteiger partial charge in [0.1, 0.15) is 0 Å². The first kappa shape index (κ1) is 21.0. The van der Waals surface area contributed by atoms with E-state index >= 15 is 0 Å². The van der Waals surface area contributed by atoms with Gasteiger partial charge >= 0.3 is 0 Å². The quantitative estimate of drug-likeness (QED) is 0.372. The van der Waals surface area contributed by atoms with Crippen molar-refractivity contribution < 1.29 is 4.79 Å². The number of likely N-dealkylation sites (N-methyl/N-ethyl adjacent to an activating group) is 1. The van der Waals surface area contributed by atoms with Gasteiger partial charge in [-0.1, -0.05) is 18.2 Å². The number of rotatable bonds is 6. The van der Waals surface area contributed by atoms with Crippen LogP contribution in [0.15, 0.2) is 47.3 Å². The van der Waals surface area contributed by atoms with Crippen molar-refractivity contribution in [1.82, 2.24) is 25.1 Å². The molecule has 1 heterocycles. The number of hydrogen-bond donors (Lipinski definition) is 2. The number of H-pyrrole nitrogens is 1. The normalized spacial score (nSPS) is 11.8. The predicted molar refractivity (Wildman–Crippen MR) is 126 cm³/mol. The highest BCUT2D eigenvalue weighted by molar-refractivity contribution is 6.10. The number of hydrogen-bond acceptors (Lipinski definition) is 5. The summed E-state index contributed by atoms with van der Waals surface area (Å²) in [5, 5.41) is 4.38. The molecule has 4 aromatic rings. The molecule has 0 aliphatic heterocycles. The van der Waals surface area contributed by atoms with Gasteiger partial charge in [-0.3, -0.25) is 9.59 Å². The Morgan fingerprint density at radius 2 is 1.68 bits per heavy atom. The molecule has 7 heteroatoms. The molecule has 31 heavy (non-hydrogen) atoms. The highest BCUT2D eigenvalue weighted by atomic mass is 16.1. The van der Waals surface area contributed by atoms with E-state index in [0.717, 1.165) is 28.5 Å². The lowest BCUT2D eigenvalue weighted by Crippen LogP contribution is -2.31. The zero-order chi connectivity index (χ0) is 22.1. The number of benzene rings is 3. The molecule has 0 bridgehead atoms. The number of carbonyl (C=O) groups is 1. The van der Waals surface area contributed by atoms with Crippen molar-refractivity contribution in [2.24, 2.45) is 0 Å². The number of carbonyl (C=O) groups excluding carboxylic acids is 1. The summed E-state index contributed by atoms with van der Waals surface area (Å²) in [6.07, 6.45) is 0. The SMILES string of the molecule is CN(C)CCNC(=O)c1cccc2[nH]c3ccc4c(=O)c(CN(C)C)ccc4c3nc12. The summed E-state index contributed by atoms with van der Waals surface area (Å²) in [5.41, 5.74) is 4.16. The second-order valence-electron chi connectivity index (χ2n) is 8.35. The number of aromatic nitrogens is 2. The minimum atomic E-state index is -0.161. The van der Waals surface area contributed by atoms with Crippen LogP contribution in [0.25, 0.3) is 32.8 Å². The molecule has 0 saturated carbocycles. The number of aromatic amines is 1. The van der Waals surface area contributed by atoms with Crippen LogP contribution in [-0.2, 0) is 6.54 Å². The van der Waals surface area contributed by atoms with Crippen LogP contribution in [0.5, 0.6) is 0 Å². The zero-order valence-electron chi connectivity index (χ0n) is 18.3. The van der Waals surface area contributed by atoms with Crippen LogP contribution in [0.1, 0.15) is 15.9 Å². The Hall–Kier alpha value is -3.29. The largest absolute Gasteiger partial charge is 0.352 e. The van der Waals surface area contributed by atoms with Gasteiger partial charge in [-0.2, -0.15) is 0 Å². The van der Waals surface area contributed by atoms with Crippen molar-refractivity contribution in [3.8, 4) is 0 Å². The third-order valence-corrected chi connectivity index (χ3v) is 5.31. The first-order valence-corrected chi connectivity index (χ1v) is 10.3.